The van der Waals surface area contributed by atoms with E-state index in [1.54, 1.807) is 0 Å². The molecule has 0 saturated carbocycles. The van der Waals surface area contributed by atoms with Crippen molar-refractivity contribution in [2.45, 2.75) is 31.8 Å². The molecular formula is C22H23N5OS. The normalized spacial score (nSPS) is 10.5. The topological polar surface area (TPSA) is 83.6 Å². The fourth-order valence-electron chi connectivity index (χ4n) is 3.02. The zero-order valence-electron chi connectivity index (χ0n) is 16.6. The van der Waals surface area contributed by atoms with E-state index >= 15 is 0 Å². The van der Waals surface area contributed by atoms with Gasteiger partial charge in [0.1, 0.15) is 5.82 Å². The van der Waals surface area contributed by atoms with Crippen LogP contribution in [0.5, 0.6) is 0 Å². The van der Waals surface area contributed by atoms with Crippen LogP contribution in [0.15, 0.2) is 53.7 Å². The number of thioether (sulfide) groups is 1. The van der Waals surface area contributed by atoms with Crippen molar-refractivity contribution in [2.24, 2.45) is 0 Å². The van der Waals surface area contributed by atoms with E-state index in [1.807, 2.05) is 28.8 Å². The van der Waals surface area contributed by atoms with E-state index < -0.39 is 0 Å². The van der Waals surface area contributed by atoms with Gasteiger partial charge in [-0.3, -0.25) is 9.36 Å². The third kappa shape index (κ3) is 5.46. The van der Waals surface area contributed by atoms with Gasteiger partial charge in [-0.05, 0) is 31.0 Å². The van der Waals surface area contributed by atoms with E-state index in [0.29, 0.717) is 24.5 Å². The van der Waals surface area contributed by atoms with Crippen LogP contribution in [-0.2, 0) is 11.2 Å². The number of rotatable bonds is 8. The molecule has 0 unspecified atom stereocenters. The van der Waals surface area contributed by atoms with Crippen LogP contribution in [-0.4, -0.2) is 33.0 Å². The van der Waals surface area contributed by atoms with Crippen LogP contribution >= 0.6 is 11.8 Å². The molecule has 1 amide bonds. The zero-order chi connectivity index (χ0) is 20.6. The molecule has 0 spiro atoms. The fraction of sp³-hybridized carbons (Fsp3) is 0.273. The minimum atomic E-state index is -0.120. The maximum absolute atomic E-state index is 12.0. The molecule has 0 bridgehead atoms. The van der Waals surface area contributed by atoms with Gasteiger partial charge in [0, 0.05) is 13.0 Å². The Morgan fingerprint density at radius 3 is 2.69 bits per heavy atom. The van der Waals surface area contributed by atoms with E-state index in [2.05, 4.69) is 59.7 Å². The molecule has 148 valence electrons. The van der Waals surface area contributed by atoms with Gasteiger partial charge in [0.2, 0.25) is 5.91 Å². The number of nitrogens with one attached hydrogen (secondary N) is 1. The van der Waals surface area contributed by atoms with E-state index in [0.717, 1.165) is 22.6 Å². The van der Waals surface area contributed by atoms with Gasteiger partial charge in [-0.1, -0.05) is 59.8 Å². The quantitative estimate of drug-likeness (QED) is 0.457. The Morgan fingerprint density at radius 1 is 1.17 bits per heavy atom. The molecule has 0 aliphatic carbocycles. The Morgan fingerprint density at radius 2 is 1.97 bits per heavy atom. The summed E-state index contributed by atoms with van der Waals surface area (Å²) in [7, 11) is 0. The first kappa shape index (κ1) is 20.6. The van der Waals surface area contributed by atoms with Crippen LogP contribution in [0.2, 0.25) is 0 Å². The van der Waals surface area contributed by atoms with Gasteiger partial charge in [0.15, 0.2) is 5.16 Å². The Hall–Kier alpha value is -3.11. The lowest BCUT2D eigenvalue weighted by atomic mass is 10.1. The summed E-state index contributed by atoms with van der Waals surface area (Å²) in [5.74, 6) is 0.931. The van der Waals surface area contributed by atoms with Crippen LogP contribution < -0.4 is 5.32 Å². The Kier molecular flexibility index (Phi) is 7.04. The number of benzene rings is 2. The first-order valence-corrected chi connectivity index (χ1v) is 10.4. The highest BCUT2D eigenvalue weighted by Crippen LogP contribution is 2.26. The number of aromatic nitrogens is 3. The summed E-state index contributed by atoms with van der Waals surface area (Å²) in [5, 5.41) is 20.8. The summed E-state index contributed by atoms with van der Waals surface area (Å²) in [5.41, 5.74) is 4.48. The van der Waals surface area contributed by atoms with E-state index in [4.69, 9.17) is 5.26 Å². The molecule has 1 N–H and O–H groups in total. The maximum Gasteiger partial charge on any atom is 0.230 e. The maximum atomic E-state index is 12.0. The number of amides is 1. The molecule has 7 heteroatoms. The Labute approximate surface area is 175 Å². The number of carbonyl (C=O) groups is 1. The van der Waals surface area contributed by atoms with Gasteiger partial charge >= 0.3 is 0 Å². The summed E-state index contributed by atoms with van der Waals surface area (Å²) in [4.78, 5) is 12.0. The second kappa shape index (κ2) is 9.89. The van der Waals surface area contributed by atoms with Gasteiger partial charge in [0.05, 0.1) is 23.9 Å². The van der Waals surface area contributed by atoms with Crippen LogP contribution in [0, 0.1) is 25.2 Å². The summed E-state index contributed by atoms with van der Waals surface area (Å²) < 4.78 is 2.04. The number of aryl methyl sites for hydroxylation is 2. The number of nitrogens with zero attached hydrogens (tertiary/aromatic N) is 4. The zero-order valence-corrected chi connectivity index (χ0v) is 17.4. The molecular weight excluding hydrogens is 382 g/mol. The average Bonchev–Trinajstić information content (AvgIpc) is 3.09. The first-order valence-electron chi connectivity index (χ1n) is 9.41. The number of nitriles is 1. The Bertz CT molecular complexity index is 1020. The number of hydrogen-bond acceptors (Lipinski definition) is 5. The summed E-state index contributed by atoms with van der Waals surface area (Å²) in [6, 6.07) is 18.4. The highest BCUT2D eigenvalue weighted by Gasteiger charge is 2.17. The van der Waals surface area contributed by atoms with Crippen LogP contribution in [0.4, 0.5) is 0 Å². The van der Waals surface area contributed by atoms with Gasteiger partial charge in [0.25, 0.3) is 0 Å². The molecule has 0 aliphatic heterocycles. The average molecular weight is 406 g/mol. The van der Waals surface area contributed by atoms with E-state index in [1.165, 1.54) is 17.3 Å². The molecule has 0 fully saturated rings. The van der Waals surface area contributed by atoms with E-state index in [-0.39, 0.29) is 11.7 Å². The number of carbonyl (C=O) groups excluding carboxylic acids is 1. The van der Waals surface area contributed by atoms with Crippen LogP contribution in [0.3, 0.4) is 0 Å². The van der Waals surface area contributed by atoms with Crippen molar-refractivity contribution in [3.8, 4) is 11.8 Å². The smallest absolute Gasteiger partial charge is 0.230 e. The second-order valence-corrected chi connectivity index (χ2v) is 7.68. The minimum Gasteiger partial charge on any atom is -0.354 e. The molecule has 1 aromatic heterocycles. The number of hydrogen-bond donors (Lipinski definition) is 1. The van der Waals surface area contributed by atoms with Crippen molar-refractivity contribution < 1.29 is 4.79 Å². The lowest BCUT2D eigenvalue weighted by molar-refractivity contribution is -0.118. The molecule has 0 aliphatic rings. The van der Waals surface area contributed by atoms with Crippen LogP contribution in [0.25, 0.3) is 5.69 Å². The van der Waals surface area contributed by atoms with Crippen molar-refractivity contribution >= 4 is 17.7 Å². The molecule has 1 heterocycles. The molecule has 0 radical (unpaired) electrons. The molecule has 6 nitrogen and oxygen atoms in total. The second-order valence-electron chi connectivity index (χ2n) is 6.73. The van der Waals surface area contributed by atoms with Crippen molar-refractivity contribution in [2.75, 3.05) is 12.3 Å². The standard InChI is InChI=1S/C22H23N5OS/c1-16-9-10-19(17(2)13-16)27-20(14-18-7-4-3-5-8-18)25-26-22(27)29-15-21(28)24-12-6-11-23/h3-5,7-10,13H,6,12,14-15H2,1-2H3,(H,24,28). The van der Waals surface area contributed by atoms with Gasteiger partial charge in [-0.15, -0.1) is 10.2 Å². The lowest BCUT2D eigenvalue weighted by Gasteiger charge is -2.13. The SMILES string of the molecule is Cc1ccc(-n2c(Cc3ccccc3)nnc2SCC(=O)NCCC#N)c(C)c1. The monoisotopic (exact) mass is 405 g/mol. The van der Waals surface area contributed by atoms with Crippen molar-refractivity contribution in [3.63, 3.8) is 0 Å². The molecule has 29 heavy (non-hydrogen) atoms. The Balaban J connectivity index is 1.88. The third-order valence-corrected chi connectivity index (χ3v) is 5.32. The highest BCUT2D eigenvalue weighted by atomic mass is 32.2. The summed E-state index contributed by atoms with van der Waals surface area (Å²) in [6.07, 6.45) is 0.951. The molecule has 3 aromatic rings. The first-order chi connectivity index (χ1) is 14.1. The highest BCUT2D eigenvalue weighted by molar-refractivity contribution is 7.99. The molecule has 0 saturated heterocycles. The van der Waals surface area contributed by atoms with Crippen molar-refractivity contribution in [1.82, 2.24) is 20.1 Å². The molecule has 2 aromatic carbocycles. The van der Waals surface area contributed by atoms with Crippen LogP contribution in [0.1, 0.15) is 28.9 Å². The molecule has 0 atom stereocenters. The molecule has 3 rings (SSSR count). The largest absolute Gasteiger partial charge is 0.354 e. The lowest BCUT2D eigenvalue weighted by Crippen LogP contribution is -2.26. The van der Waals surface area contributed by atoms with Gasteiger partial charge in [-0.2, -0.15) is 5.26 Å². The predicted molar refractivity (Wildman–Crippen MR) is 114 cm³/mol. The third-order valence-electron chi connectivity index (χ3n) is 4.39. The van der Waals surface area contributed by atoms with E-state index in [9.17, 15) is 4.79 Å². The fourth-order valence-corrected chi connectivity index (χ4v) is 3.82. The van der Waals surface area contributed by atoms with Gasteiger partial charge < -0.3 is 5.32 Å². The van der Waals surface area contributed by atoms with Gasteiger partial charge in [-0.25, -0.2) is 0 Å². The minimum absolute atomic E-state index is 0.120. The predicted octanol–water partition coefficient (Wildman–Crippen LogP) is 3.60. The van der Waals surface area contributed by atoms with Crippen molar-refractivity contribution in [1.29, 1.82) is 5.26 Å². The summed E-state index contributed by atoms with van der Waals surface area (Å²) >= 11 is 1.35. The van der Waals surface area contributed by atoms with Crippen molar-refractivity contribution in [3.05, 3.63) is 71.0 Å². The summed E-state index contributed by atoms with van der Waals surface area (Å²) in [6.45, 7) is 4.49.